The zero-order chi connectivity index (χ0) is 22.4. The number of phenols is 1. The number of phenolic OH excluding ortho intramolecular Hbond substituents is 1. The molecule has 3 aromatic carbocycles. The van der Waals surface area contributed by atoms with E-state index in [1.165, 1.54) is 25.5 Å². The van der Waals surface area contributed by atoms with Crippen LogP contribution in [0.4, 0.5) is 0 Å². The molecule has 2 N–H and O–H groups in total. The first-order valence-electron chi connectivity index (χ1n) is 8.85. The van der Waals surface area contributed by atoms with Crippen molar-refractivity contribution in [3.63, 3.8) is 0 Å². The van der Waals surface area contributed by atoms with Crippen LogP contribution in [-0.4, -0.2) is 30.3 Å². The summed E-state index contributed by atoms with van der Waals surface area (Å²) in [4.78, 5) is 24.4. The summed E-state index contributed by atoms with van der Waals surface area (Å²) in [5.74, 6) is -0.828. The predicted molar refractivity (Wildman–Crippen MR) is 118 cm³/mol. The number of amides is 1. The van der Waals surface area contributed by atoms with Crippen LogP contribution in [0.15, 0.2) is 65.8 Å². The SMILES string of the molecule is COc1cc(/C=N\NC(=O)c2cc(Cl)c(O)c(Cl)c2)ccc1OC(=O)c1ccccc1. The van der Waals surface area contributed by atoms with Gasteiger partial charge in [-0.1, -0.05) is 41.4 Å². The highest BCUT2D eigenvalue weighted by atomic mass is 35.5. The molecule has 3 aromatic rings. The molecule has 0 radical (unpaired) electrons. The molecule has 31 heavy (non-hydrogen) atoms. The second-order valence-corrected chi connectivity index (χ2v) is 6.97. The minimum atomic E-state index is -0.569. The average Bonchev–Trinajstić information content (AvgIpc) is 2.78. The maximum absolute atomic E-state index is 12.2. The summed E-state index contributed by atoms with van der Waals surface area (Å²) in [6.07, 6.45) is 1.38. The highest BCUT2D eigenvalue weighted by Gasteiger charge is 2.13. The molecule has 3 rings (SSSR count). The fourth-order valence-corrected chi connectivity index (χ4v) is 3.00. The summed E-state index contributed by atoms with van der Waals surface area (Å²) < 4.78 is 10.7. The molecule has 0 saturated heterocycles. The Morgan fingerprint density at radius 1 is 0.968 bits per heavy atom. The van der Waals surface area contributed by atoms with Crippen molar-refractivity contribution in [2.45, 2.75) is 0 Å². The molecule has 0 bridgehead atoms. The van der Waals surface area contributed by atoms with E-state index in [2.05, 4.69) is 10.5 Å². The zero-order valence-corrected chi connectivity index (χ0v) is 17.6. The molecule has 0 spiro atoms. The van der Waals surface area contributed by atoms with Crippen molar-refractivity contribution in [1.29, 1.82) is 0 Å². The summed E-state index contributed by atoms with van der Waals surface area (Å²) in [6, 6.07) is 15.9. The number of esters is 1. The van der Waals surface area contributed by atoms with E-state index < -0.39 is 11.9 Å². The van der Waals surface area contributed by atoms with E-state index in [-0.39, 0.29) is 27.1 Å². The summed E-state index contributed by atoms with van der Waals surface area (Å²) >= 11 is 11.6. The summed E-state index contributed by atoms with van der Waals surface area (Å²) in [7, 11) is 1.44. The molecule has 9 heteroatoms. The predicted octanol–water partition coefficient (Wildman–Crippen LogP) is 4.69. The van der Waals surface area contributed by atoms with E-state index in [1.54, 1.807) is 48.5 Å². The van der Waals surface area contributed by atoms with E-state index >= 15 is 0 Å². The second kappa shape index (κ2) is 9.97. The van der Waals surface area contributed by atoms with Crippen molar-refractivity contribution in [3.8, 4) is 17.2 Å². The first-order valence-corrected chi connectivity index (χ1v) is 9.61. The minimum Gasteiger partial charge on any atom is -0.505 e. The first kappa shape index (κ1) is 22.1. The van der Waals surface area contributed by atoms with Gasteiger partial charge in [-0.15, -0.1) is 0 Å². The number of benzene rings is 3. The number of carbonyl (C=O) groups is 2. The largest absolute Gasteiger partial charge is 0.505 e. The maximum atomic E-state index is 12.2. The fraction of sp³-hybridized carbons (Fsp3) is 0.0455. The number of halogens is 2. The van der Waals surface area contributed by atoms with Crippen molar-refractivity contribution >= 4 is 41.3 Å². The minimum absolute atomic E-state index is 0.0491. The first-order chi connectivity index (χ1) is 14.9. The number of hydrogen-bond donors (Lipinski definition) is 2. The lowest BCUT2D eigenvalue weighted by molar-refractivity contribution is 0.0729. The van der Waals surface area contributed by atoms with Gasteiger partial charge in [0.1, 0.15) is 0 Å². The molecule has 7 nitrogen and oxygen atoms in total. The van der Waals surface area contributed by atoms with Crippen molar-refractivity contribution < 1.29 is 24.2 Å². The Kier molecular flexibility index (Phi) is 7.12. The standard InChI is InChI=1S/C22H16Cl2N2O5/c1-30-19-9-13(7-8-18(19)31-22(29)14-5-3-2-4-6-14)12-25-26-21(28)15-10-16(23)20(27)17(24)11-15/h2-12,27H,1H3,(H,26,28)/b25-12-. The molecule has 0 atom stereocenters. The molecule has 0 aromatic heterocycles. The number of hydrazone groups is 1. The number of rotatable bonds is 6. The Labute approximate surface area is 187 Å². The molecule has 0 heterocycles. The topological polar surface area (TPSA) is 97.2 Å². The van der Waals surface area contributed by atoms with Crippen LogP contribution in [0, 0.1) is 0 Å². The van der Waals surface area contributed by atoms with Crippen LogP contribution in [0.25, 0.3) is 0 Å². The third-order valence-electron chi connectivity index (χ3n) is 4.06. The average molecular weight is 459 g/mol. The maximum Gasteiger partial charge on any atom is 0.343 e. The molecular weight excluding hydrogens is 443 g/mol. The van der Waals surface area contributed by atoms with Crippen molar-refractivity contribution in [2.24, 2.45) is 5.10 Å². The molecule has 0 aliphatic carbocycles. The fourth-order valence-electron chi connectivity index (χ4n) is 2.51. The molecule has 0 saturated carbocycles. The summed E-state index contributed by atoms with van der Waals surface area (Å²) in [5.41, 5.74) is 3.45. The Morgan fingerprint density at radius 2 is 1.65 bits per heavy atom. The lowest BCUT2D eigenvalue weighted by Crippen LogP contribution is -2.17. The van der Waals surface area contributed by atoms with Gasteiger partial charge in [0.2, 0.25) is 0 Å². The van der Waals surface area contributed by atoms with Crippen LogP contribution in [-0.2, 0) is 0 Å². The molecule has 158 valence electrons. The Bertz CT molecular complexity index is 1130. The quantitative estimate of drug-likeness (QED) is 0.241. The Hall–Kier alpha value is -3.55. The van der Waals surface area contributed by atoms with Gasteiger partial charge in [-0.2, -0.15) is 5.10 Å². The van der Waals surface area contributed by atoms with Gasteiger partial charge in [0, 0.05) is 5.56 Å². The normalized spacial score (nSPS) is 10.7. The monoisotopic (exact) mass is 458 g/mol. The second-order valence-electron chi connectivity index (χ2n) is 6.15. The molecular formula is C22H16Cl2N2O5. The zero-order valence-electron chi connectivity index (χ0n) is 16.1. The summed E-state index contributed by atoms with van der Waals surface area (Å²) in [6.45, 7) is 0. The number of ether oxygens (including phenoxy) is 2. The molecule has 0 aliphatic rings. The Morgan fingerprint density at radius 3 is 2.29 bits per heavy atom. The number of nitrogens with one attached hydrogen (secondary N) is 1. The van der Waals surface area contributed by atoms with E-state index in [9.17, 15) is 14.7 Å². The van der Waals surface area contributed by atoms with Gasteiger partial charge in [-0.25, -0.2) is 10.2 Å². The van der Waals surface area contributed by atoms with Crippen LogP contribution < -0.4 is 14.9 Å². The van der Waals surface area contributed by atoms with Crippen LogP contribution in [0.1, 0.15) is 26.3 Å². The van der Waals surface area contributed by atoms with E-state index in [4.69, 9.17) is 32.7 Å². The highest BCUT2D eigenvalue weighted by Crippen LogP contribution is 2.32. The van der Waals surface area contributed by atoms with E-state index in [1.807, 2.05) is 0 Å². The van der Waals surface area contributed by atoms with E-state index in [0.717, 1.165) is 0 Å². The van der Waals surface area contributed by atoms with Gasteiger partial charge >= 0.3 is 5.97 Å². The summed E-state index contributed by atoms with van der Waals surface area (Å²) in [5, 5.41) is 13.3. The van der Waals surface area contributed by atoms with Crippen molar-refractivity contribution in [2.75, 3.05) is 7.11 Å². The van der Waals surface area contributed by atoms with Crippen molar-refractivity contribution in [1.82, 2.24) is 5.43 Å². The molecule has 0 aliphatic heterocycles. The lowest BCUT2D eigenvalue weighted by atomic mass is 10.2. The van der Waals surface area contributed by atoms with Crippen LogP contribution in [0.3, 0.4) is 0 Å². The molecule has 0 unspecified atom stereocenters. The van der Waals surface area contributed by atoms with Crippen LogP contribution in [0.5, 0.6) is 17.2 Å². The van der Waals surface area contributed by atoms with Gasteiger partial charge in [0.25, 0.3) is 5.91 Å². The third kappa shape index (κ3) is 5.53. The van der Waals surface area contributed by atoms with Gasteiger partial charge in [0.05, 0.1) is 28.9 Å². The van der Waals surface area contributed by atoms with E-state index in [0.29, 0.717) is 16.9 Å². The highest BCUT2D eigenvalue weighted by molar-refractivity contribution is 6.37. The van der Waals surface area contributed by atoms with Crippen molar-refractivity contribution in [3.05, 3.63) is 87.4 Å². The van der Waals surface area contributed by atoms with Gasteiger partial charge in [-0.05, 0) is 48.0 Å². The Balaban J connectivity index is 1.69. The number of methoxy groups -OCH3 is 1. The number of carbonyl (C=O) groups excluding carboxylic acids is 2. The number of aromatic hydroxyl groups is 1. The third-order valence-corrected chi connectivity index (χ3v) is 4.63. The number of nitrogens with zero attached hydrogens (tertiary/aromatic N) is 1. The van der Waals surface area contributed by atoms with Gasteiger partial charge in [0.15, 0.2) is 17.2 Å². The van der Waals surface area contributed by atoms with Gasteiger partial charge < -0.3 is 14.6 Å². The van der Waals surface area contributed by atoms with Crippen LogP contribution >= 0.6 is 23.2 Å². The number of hydrogen-bond acceptors (Lipinski definition) is 6. The van der Waals surface area contributed by atoms with Gasteiger partial charge in [-0.3, -0.25) is 4.79 Å². The lowest BCUT2D eigenvalue weighted by Gasteiger charge is -2.10. The smallest absolute Gasteiger partial charge is 0.343 e. The van der Waals surface area contributed by atoms with Crippen LogP contribution in [0.2, 0.25) is 10.0 Å². The molecule has 1 amide bonds. The molecule has 0 fully saturated rings.